The molecule has 3 heteroatoms. The van der Waals surface area contributed by atoms with Gasteiger partial charge in [-0.3, -0.25) is 4.90 Å². The van der Waals surface area contributed by atoms with E-state index in [-0.39, 0.29) is 0 Å². The summed E-state index contributed by atoms with van der Waals surface area (Å²) in [5.41, 5.74) is 0. The van der Waals surface area contributed by atoms with Crippen LogP contribution in [0.5, 0.6) is 0 Å². The molecule has 0 unspecified atom stereocenters. The van der Waals surface area contributed by atoms with Crippen molar-refractivity contribution < 1.29 is 0 Å². The first kappa shape index (κ1) is 17.9. The molecule has 0 saturated carbocycles. The molecule has 0 aliphatic carbocycles. The van der Waals surface area contributed by atoms with Crippen LogP contribution in [-0.4, -0.2) is 73.1 Å². The molecule has 0 bridgehead atoms. The number of piperidine rings is 1. The average Bonchev–Trinajstić information content (AvgIpc) is 2.50. The summed E-state index contributed by atoms with van der Waals surface area (Å²) in [6.07, 6.45) is 2.83. The Bertz CT molecular complexity index is 226. The van der Waals surface area contributed by atoms with Crippen molar-refractivity contribution in [1.29, 1.82) is 0 Å². The molecule has 0 atom stereocenters. The maximum absolute atomic E-state index is 2.70. The second-order valence-corrected chi connectivity index (χ2v) is 6.31. The second-order valence-electron chi connectivity index (χ2n) is 6.31. The fourth-order valence-corrected chi connectivity index (χ4v) is 3.31. The fraction of sp³-hybridized carbons (Fsp3) is 1.00. The van der Waals surface area contributed by atoms with Gasteiger partial charge in [-0.15, -0.1) is 0 Å². The molecule has 0 amide bonds. The molecule has 20 heavy (non-hydrogen) atoms. The van der Waals surface area contributed by atoms with Gasteiger partial charge >= 0.3 is 0 Å². The molecule has 0 spiro atoms. The normalized spacial score (nSPS) is 23.7. The molecule has 2 rings (SSSR count). The molecule has 0 aromatic carbocycles. The van der Waals surface area contributed by atoms with E-state index in [1.165, 1.54) is 65.2 Å². The van der Waals surface area contributed by atoms with Gasteiger partial charge in [-0.1, -0.05) is 20.8 Å². The summed E-state index contributed by atoms with van der Waals surface area (Å²) in [7, 11) is 0. The van der Waals surface area contributed by atoms with Crippen molar-refractivity contribution in [2.75, 3.05) is 52.4 Å². The zero-order valence-corrected chi connectivity index (χ0v) is 14.6. The van der Waals surface area contributed by atoms with Gasteiger partial charge in [0.25, 0.3) is 0 Å². The van der Waals surface area contributed by atoms with Gasteiger partial charge < -0.3 is 9.80 Å². The van der Waals surface area contributed by atoms with E-state index >= 15 is 0 Å². The van der Waals surface area contributed by atoms with Gasteiger partial charge in [0.1, 0.15) is 0 Å². The van der Waals surface area contributed by atoms with Gasteiger partial charge in [-0.25, -0.2) is 0 Å². The first-order chi connectivity index (χ1) is 9.69. The third kappa shape index (κ3) is 5.71. The third-order valence-corrected chi connectivity index (χ3v) is 4.81. The molecule has 120 valence electrons. The van der Waals surface area contributed by atoms with E-state index in [2.05, 4.69) is 35.5 Å². The smallest absolute Gasteiger partial charge is 0.0113 e. The average molecular weight is 284 g/mol. The summed E-state index contributed by atoms with van der Waals surface area (Å²) >= 11 is 0. The number of nitrogens with zero attached hydrogens (tertiary/aromatic N) is 3. The zero-order valence-electron chi connectivity index (χ0n) is 14.6. The van der Waals surface area contributed by atoms with Crippen molar-refractivity contribution in [3.8, 4) is 0 Å². The van der Waals surface area contributed by atoms with E-state index in [0.29, 0.717) is 0 Å². The Hall–Kier alpha value is -0.120. The van der Waals surface area contributed by atoms with Crippen molar-refractivity contribution in [3.05, 3.63) is 0 Å². The highest BCUT2D eigenvalue weighted by Crippen LogP contribution is 2.19. The molecular weight excluding hydrogens is 246 g/mol. The lowest BCUT2D eigenvalue weighted by molar-refractivity contribution is 0.0818. The zero-order chi connectivity index (χ0) is 15.0. The molecule has 0 aromatic heterocycles. The highest BCUT2D eigenvalue weighted by molar-refractivity contribution is 4.79. The Labute approximate surface area is 127 Å². The summed E-state index contributed by atoms with van der Waals surface area (Å²) < 4.78 is 0. The standard InChI is InChI=1S/C15H31N3.C2H6/c1-4-16-7-5-15(6-8-16)13-17-9-11-18(12-10-17)14(2)3;1-2/h14-15H,4-13H2,1-3H3;1-2H3. The summed E-state index contributed by atoms with van der Waals surface area (Å²) in [5.74, 6) is 0.957. The SMILES string of the molecule is CC.CCN1CCC(CN2CCN(C(C)C)CC2)CC1. The Balaban J connectivity index is 0.000000956. The van der Waals surface area contributed by atoms with Gasteiger partial charge in [0, 0.05) is 38.8 Å². The van der Waals surface area contributed by atoms with Crippen LogP contribution < -0.4 is 0 Å². The second kappa shape index (κ2) is 9.75. The van der Waals surface area contributed by atoms with Crippen LogP contribution in [0.25, 0.3) is 0 Å². The molecule has 2 aliphatic rings. The molecule has 0 N–H and O–H groups in total. The highest BCUT2D eigenvalue weighted by atomic mass is 15.3. The third-order valence-electron chi connectivity index (χ3n) is 4.81. The lowest BCUT2D eigenvalue weighted by Gasteiger charge is -2.40. The molecular formula is C17H37N3. The van der Waals surface area contributed by atoms with Gasteiger partial charge in [0.2, 0.25) is 0 Å². The van der Waals surface area contributed by atoms with Crippen LogP contribution in [0.1, 0.15) is 47.5 Å². The number of hydrogen-bond donors (Lipinski definition) is 0. The molecule has 0 radical (unpaired) electrons. The Kier molecular flexibility index (Phi) is 8.74. The van der Waals surface area contributed by atoms with E-state index in [4.69, 9.17) is 0 Å². The van der Waals surface area contributed by atoms with Crippen LogP contribution >= 0.6 is 0 Å². The number of likely N-dealkylation sites (tertiary alicyclic amines) is 1. The first-order valence-corrected chi connectivity index (χ1v) is 8.87. The van der Waals surface area contributed by atoms with Gasteiger partial charge in [0.05, 0.1) is 0 Å². The molecule has 0 aromatic rings. The van der Waals surface area contributed by atoms with Crippen LogP contribution in [-0.2, 0) is 0 Å². The van der Waals surface area contributed by atoms with Crippen molar-refractivity contribution >= 4 is 0 Å². The largest absolute Gasteiger partial charge is 0.304 e. The minimum atomic E-state index is 0.722. The minimum absolute atomic E-state index is 0.722. The summed E-state index contributed by atoms with van der Waals surface area (Å²) in [6, 6.07) is 0.722. The summed E-state index contributed by atoms with van der Waals surface area (Å²) in [5, 5.41) is 0. The number of rotatable bonds is 4. The topological polar surface area (TPSA) is 9.72 Å². The highest BCUT2D eigenvalue weighted by Gasteiger charge is 2.23. The minimum Gasteiger partial charge on any atom is -0.304 e. The lowest BCUT2D eigenvalue weighted by atomic mass is 9.96. The van der Waals surface area contributed by atoms with Gasteiger partial charge in [0.15, 0.2) is 0 Å². The number of piperazine rings is 1. The summed E-state index contributed by atoms with van der Waals surface area (Å²) in [4.78, 5) is 7.90. The van der Waals surface area contributed by atoms with E-state index in [1.807, 2.05) is 13.8 Å². The Morgan fingerprint density at radius 1 is 0.850 bits per heavy atom. The van der Waals surface area contributed by atoms with Crippen molar-refractivity contribution in [2.45, 2.75) is 53.5 Å². The van der Waals surface area contributed by atoms with E-state index in [0.717, 1.165) is 12.0 Å². The van der Waals surface area contributed by atoms with Gasteiger partial charge in [-0.05, 0) is 52.2 Å². The van der Waals surface area contributed by atoms with Crippen LogP contribution in [0.2, 0.25) is 0 Å². The van der Waals surface area contributed by atoms with Gasteiger partial charge in [-0.2, -0.15) is 0 Å². The molecule has 2 heterocycles. The molecule has 2 saturated heterocycles. The van der Waals surface area contributed by atoms with Crippen molar-refractivity contribution in [2.24, 2.45) is 5.92 Å². The van der Waals surface area contributed by atoms with Crippen LogP contribution in [0.3, 0.4) is 0 Å². The molecule has 2 fully saturated rings. The fourth-order valence-electron chi connectivity index (χ4n) is 3.31. The molecule has 2 aliphatic heterocycles. The quantitative estimate of drug-likeness (QED) is 0.785. The predicted octanol–water partition coefficient (Wildman–Crippen LogP) is 2.77. The van der Waals surface area contributed by atoms with E-state index in [9.17, 15) is 0 Å². The predicted molar refractivity (Wildman–Crippen MR) is 89.3 cm³/mol. The van der Waals surface area contributed by atoms with E-state index in [1.54, 1.807) is 0 Å². The van der Waals surface area contributed by atoms with Crippen LogP contribution in [0.15, 0.2) is 0 Å². The number of hydrogen-bond acceptors (Lipinski definition) is 3. The Morgan fingerprint density at radius 3 is 1.85 bits per heavy atom. The van der Waals surface area contributed by atoms with Crippen molar-refractivity contribution in [1.82, 2.24) is 14.7 Å². The van der Waals surface area contributed by atoms with Crippen molar-refractivity contribution in [3.63, 3.8) is 0 Å². The summed E-state index contributed by atoms with van der Waals surface area (Å²) in [6.45, 7) is 21.3. The maximum Gasteiger partial charge on any atom is 0.0113 e. The van der Waals surface area contributed by atoms with Crippen LogP contribution in [0.4, 0.5) is 0 Å². The molecule has 3 nitrogen and oxygen atoms in total. The van der Waals surface area contributed by atoms with E-state index < -0.39 is 0 Å². The monoisotopic (exact) mass is 283 g/mol. The Morgan fingerprint density at radius 2 is 1.40 bits per heavy atom. The lowest BCUT2D eigenvalue weighted by Crippen LogP contribution is -2.50. The van der Waals surface area contributed by atoms with Crippen LogP contribution in [0, 0.1) is 5.92 Å². The first-order valence-electron chi connectivity index (χ1n) is 8.87. The maximum atomic E-state index is 2.70.